The van der Waals surface area contributed by atoms with E-state index in [1.54, 1.807) is 0 Å². The van der Waals surface area contributed by atoms with Crippen molar-refractivity contribution in [3.8, 4) is 0 Å². The van der Waals surface area contributed by atoms with E-state index in [1.165, 1.54) is 58.2 Å². The summed E-state index contributed by atoms with van der Waals surface area (Å²) in [7, 11) is 0. The van der Waals surface area contributed by atoms with Crippen molar-refractivity contribution in [1.82, 2.24) is 10.2 Å². The van der Waals surface area contributed by atoms with Crippen LogP contribution in [0.4, 0.5) is 0 Å². The summed E-state index contributed by atoms with van der Waals surface area (Å²) in [5, 5.41) is 13.4. The highest BCUT2D eigenvalue weighted by Crippen LogP contribution is 2.37. The van der Waals surface area contributed by atoms with Crippen LogP contribution in [0.25, 0.3) is 0 Å². The lowest BCUT2D eigenvalue weighted by Crippen LogP contribution is -2.47. The van der Waals surface area contributed by atoms with E-state index in [2.05, 4.69) is 24.1 Å². The summed E-state index contributed by atoms with van der Waals surface area (Å²) in [6, 6.07) is 0.582. The maximum atomic E-state index is 9.67. The molecule has 2 rings (SSSR count). The van der Waals surface area contributed by atoms with Crippen LogP contribution in [0.1, 0.15) is 52.4 Å². The highest BCUT2D eigenvalue weighted by molar-refractivity contribution is 4.88. The Labute approximate surface area is 118 Å². The minimum Gasteiger partial charge on any atom is -0.396 e. The molecule has 1 saturated heterocycles. The van der Waals surface area contributed by atoms with Gasteiger partial charge in [0.05, 0.1) is 0 Å². The number of aliphatic hydroxyl groups is 1. The van der Waals surface area contributed by atoms with E-state index in [9.17, 15) is 5.11 Å². The molecule has 2 atom stereocenters. The quantitative estimate of drug-likeness (QED) is 0.775. The predicted octanol–water partition coefficient (Wildman–Crippen LogP) is 2.25. The van der Waals surface area contributed by atoms with Crippen LogP contribution in [0.15, 0.2) is 0 Å². The van der Waals surface area contributed by atoms with Crippen LogP contribution < -0.4 is 5.32 Å². The van der Waals surface area contributed by atoms with Gasteiger partial charge >= 0.3 is 0 Å². The number of hydrogen-bond donors (Lipinski definition) is 2. The molecule has 2 aliphatic rings. The summed E-state index contributed by atoms with van der Waals surface area (Å²) in [5.41, 5.74) is 0.188. The molecule has 1 aliphatic heterocycles. The van der Waals surface area contributed by atoms with Crippen LogP contribution in [-0.2, 0) is 0 Å². The van der Waals surface area contributed by atoms with Crippen molar-refractivity contribution in [3.05, 3.63) is 0 Å². The number of hydrogen-bond acceptors (Lipinski definition) is 3. The SMILES string of the molecule is CCN1CCCC(C(C)NCC2(CO)CCCC2)C1. The Bertz CT molecular complexity index is 263. The molecule has 2 unspecified atom stereocenters. The molecular formula is C16H32N2O. The third-order valence-electron chi connectivity index (χ3n) is 5.49. The lowest BCUT2D eigenvalue weighted by Gasteiger charge is -2.37. The van der Waals surface area contributed by atoms with Gasteiger partial charge in [-0.05, 0) is 51.6 Å². The summed E-state index contributed by atoms with van der Waals surface area (Å²) < 4.78 is 0. The van der Waals surface area contributed by atoms with Gasteiger partial charge in [-0.15, -0.1) is 0 Å². The molecule has 19 heavy (non-hydrogen) atoms. The van der Waals surface area contributed by atoms with E-state index in [-0.39, 0.29) is 5.41 Å². The molecule has 1 saturated carbocycles. The zero-order chi connectivity index (χ0) is 13.7. The molecule has 0 aromatic rings. The Hall–Kier alpha value is -0.120. The van der Waals surface area contributed by atoms with Crippen molar-refractivity contribution in [3.63, 3.8) is 0 Å². The largest absolute Gasteiger partial charge is 0.396 e. The number of piperidine rings is 1. The van der Waals surface area contributed by atoms with Gasteiger partial charge in [0.2, 0.25) is 0 Å². The van der Waals surface area contributed by atoms with Crippen LogP contribution in [0.5, 0.6) is 0 Å². The molecule has 0 amide bonds. The highest BCUT2D eigenvalue weighted by Gasteiger charge is 2.34. The van der Waals surface area contributed by atoms with Crippen molar-refractivity contribution in [2.75, 3.05) is 32.8 Å². The Morgan fingerprint density at radius 2 is 2.05 bits per heavy atom. The molecule has 0 radical (unpaired) electrons. The number of nitrogens with one attached hydrogen (secondary N) is 1. The lowest BCUT2D eigenvalue weighted by atomic mass is 9.85. The zero-order valence-electron chi connectivity index (χ0n) is 12.8. The molecule has 3 nitrogen and oxygen atoms in total. The first kappa shape index (κ1) is 15.3. The van der Waals surface area contributed by atoms with Gasteiger partial charge in [0.1, 0.15) is 0 Å². The molecule has 1 heterocycles. The van der Waals surface area contributed by atoms with E-state index in [1.807, 2.05) is 0 Å². The van der Waals surface area contributed by atoms with E-state index in [0.29, 0.717) is 12.6 Å². The Balaban J connectivity index is 1.78. The van der Waals surface area contributed by atoms with Gasteiger partial charge in [0, 0.05) is 31.2 Å². The van der Waals surface area contributed by atoms with Gasteiger partial charge in [0.15, 0.2) is 0 Å². The summed E-state index contributed by atoms with van der Waals surface area (Å²) in [4.78, 5) is 2.57. The second-order valence-electron chi connectivity index (χ2n) is 6.83. The van der Waals surface area contributed by atoms with E-state index in [4.69, 9.17) is 0 Å². The van der Waals surface area contributed by atoms with Crippen LogP contribution >= 0.6 is 0 Å². The number of rotatable bonds is 6. The number of aliphatic hydroxyl groups excluding tert-OH is 1. The first-order chi connectivity index (χ1) is 9.19. The van der Waals surface area contributed by atoms with Crippen molar-refractivity contribution in [1.29, 1.82) is 0 Å². The molecule has 0 spiro atoms. The highest BCUT2D eigenvalue weighted by atomic mass is 16.3. The van der Waals surface area contributed by atoms with Gasteiger partial charge in [-0.3, -0.25) is 0 Å². The van der Waals surface area contributed by atoms with Crippen molar-refractivity contribution in [2.24, 2.45) is 11.3 Å². The van der Waals surface area contributed by atoms with Gasteiger partial charge in [0.25, 0.3) is 0 Å². The molecule has 0 bridgehead atoms. The summed E-state index contributed by atoms with van der Waals surface area (Å²) in [6.45, 7) is 9.68. The third-order valence-corrected chi connectivity index (χ3v) is 5.49. The fraction of sp³-hybridized carbons (Fsp3) is 1.00. The van der Waals surface area contributed by atoms with Gasteiger partial charge in [-0.2, -0.15) is 0 Å². The molecular weight excluding hydrogens is 236 g/mol. The Kier molecular flexibility index (Phi) is 5.67. The number of likely N-dealkylation sites (tertiary alicyclic amines) is 1. The van der Waals surface area contributed by atoms with Crippen molar-refractivity contribution >= 4 is 0 Å². The fourth-order valence-electron chi connectivity index (χ4n) is 3.85. The summed E-state index contributed by atoms with van der Waals surface area (Å²) >= 11 is 0. The van der Waals surface area contributed by atoms with Crippen molar-refractivity contribution < 1.29 is 5.11 Å². The second kappa shape index (κ2) is 7.05. The maximum Gasteiger partial charge on any atom is 0.0499 e. The second-order valence-corrected chi connectivity index (χ2v) is 6.83. The van der Waals surface area contributed by atoms with Crippen LogP contribution in [0.3, 0.4) is 0 Å². The van der Waals surface area contributed by atoms with E-state index in [0.717, 1.165) is 12.5 Å². The minimum atomic E-state index is 0.188. The van der Waals surface area contributed by atoms with Gasteiger partial charge in [-0.1, -0.05) is 19.8 Å². The maximum absolute atomic E-state index is 9.67. The normalized spacial score (nSPS) is 29.5. The predicted molar refractivity (Wildman–Crippen MR) is 80.3 cm³/mol. The molecule has 3 heteroatoms. The molecule has 2 fully saturated rings. The van der Waals surface area contributed by atoms with Crippen LogP contribution in [0.2, 0.25) is 0 Å². The smallest absolute Gasteiger partial charge is 0.0499 e. The van der Waals surface area contributed by atoms with E-state index >= 15 is 0 Å². The molecule has 0 aromatic heterocycles. The lowest BCUT2D eigenvalue weighted by molar-refractivity contribution is 0.111. The minimum absolute atomic E-state index is 0.188. The summed E-state index contributed by atoms with van der Waals surface area (Å²) in [5.74, 6) is 0.783. The molecule has 112 valence electrons. The van der Waals surface area contributed by atoms with Crippen molar-refractivity contribution in [2.45, 2.75) is 58.4 Å². The standard InChI is InChI=1S/C16H32N2O/c1-3-18-10-6-7-15(11-18)14(2)17-12-16(13-19)8-4-5-9-16/h14-15,17,19H,3-13H2,1-2H3. The topological polar surface area (TPSA) is 35.5 Å². The van der Waals surface area contributed by atoms with Crippen LogP contribution in [-0.4, -0.2) is 48.8 Å². The zero-order valence-corrected chi connectivity index (χ0v) is 12.8. The first-order valence-corrected chi connectivity index (χ1v) is 8.26. The Morgan fingerprint density at radius 3 is 2.68 bits per heavy atom. The van der Waals surface area contributed by atoms with Gasteiger partial charge in [-0.25, -0.2) is 0 Å². The Morgan fingerprint density at radius 1 is 1.32 bits per heavy atom. The first-order valence-electron chi connectivity index (χ1n) is 8.26. The van der Waals surface area contributed by atoms with Gasteiger partial charge < -0.3 is 15.3 Å². The molecule has 1 aliphatic carbocycles. The van der Waals surface area contributed by atoms with Crippen LogP contribution in [0, 0.1) is 11.3 Å². The molecule has 2 N–H and O–H groups in total. The van der Waals surface area contributed by atoms with E-state index < -0.39 is 0 Å². The summed E-state index contributed by atoms with van der Waals surface area (Å²) in [6.07, 6.45) is 7.70. The average molecular weight is 268 g/mol. The average Bonchev–Trinajstić information content (AvgIpc) is 2.94. The monoisotopic (exact) mass is 268 g/mol. The fourth-order valence-corrected chi connectivity index (χ4v) is 3.85. The molecule has 0 aromatic carbocycles. The third kappa shape index (κ3) is 3.93. The number of nitrogens with zero attached hydrogens (tertiary/aromatic N) is 1.